The van der Waals surface area contributed by atoms with Crippen molar-refractivity contribution in [1.29, 1.82) is 0 Å². The lowest BCUT2D eigenvalue weighted by atomic mass is 10.0. The molecule has 1 unspecified atom stereocenters. The normalized spacial score (nSPS) is 12.4. The Hall–Kier alpha value is -1.39. The fraction of sp³-hybridized carbons (Fsp3) is 0.412. The molecule has 0 aliphatic heterocycles. The van der Waals surface area contributed by atoms with Crippen LogP contribution in [-0.2, 0) is 6.42 Å². The van der Waals surface area contributed by atoms with Gasteiger partial charge < -0.3 is 5.73 Å². The molecule has 1 heterocycles. The van der Waals surface area contributed by atoms with Gasteiger partial charge in [-0.15, -0.1) is 0 Å². The average Bonchev–Trinajstić information content (AvgIpc) is 2.40. The highest BCUT2D eigenvalue weighted by Gasteiger charge is 2.08. The minimum absolute atomic E-state index is 0.241. The van der Waals surface area contributed by atoms with Gasteiger partial charge in [-0.1, -0.05) is 19.1 Å². The highest BCUT2D eigenvalue weighted by molar-refractivity contribution is 7.99. The van der Waals surface area contributed by atoms with Gasteiger partial charge in [0.05, 0.1) is 0 Å². The van der Waals surface area contributed by atoms with Crippen LogP contribution in [0.25, 0.3) is 0 Å². The molecule has 2 N–H and O–H groups in total. The second-order valence-corrected chi connectivity index (χ2v) is 6.52. The minimum atomic E-state index is 0.241. The summed E-state index contributed by atoms with van der Waals surface area (Å²) in [5.74, 6) is 0. The molecule has 0 saturated heterocycles. The first-order valence-corrected chi connectivity index (χ1v) is 8.15. The molecule has 3 nitrogen and oxygen atoms in total. The fourth-order valence-corrected chi connectivity index (χ4v) is 3.17. The van der Waals surface area contributed by atoms with E-state index >= 15 is 0 Å². The Labute approximate surface area is 131 Å². The molecule has 0 saturated carbocycles. The molecular formula is C17H23N3S. The Kier molecular flexibility index (Phi) is 5.37. The van der Waals surface area contributed by atoms with E-state index in [1.807, 2.05) is 19.9 Å². The third-order valence-corrected chi connectivity index (χ3v) is 4.47. The molecule has 0 radical (unpaired) electrons. The van der Waals surface area contributed by atoms with Crippen molar-refractivity contribution in [3.8, 4) is 0 Å². The number of nitrogens with two attached hydrogens (primary N) is 1. The van der Waals surface area contributed by atoms with Crippen LogP contribution >= 0.6 is 11.8 Å². The SMILES string of the molecule is CCC(N)Cc1ccc(Sc2nc(C)cc(C)n2)c(C)c1. The topological polar surface area (TPSA) is 51.8 Å². The first kappa shape index (κ1) is 16.0. The number of aromatic nitrogens is 2. The minimum Gasteiger partial charge on any atom is -0.327 e. The van der Waals surface area contributed by atoms with Gasteiger partial charge in [0.25, 0.3) is 0 Å². The fourth-order valence-electron chi connectivity index (χ4n) is 2.24. The third kappa shape index (κ3) is 4.55. The van der Waals surface area contributed by atoms with Gasteiger partial charge in [0.15, 0.2) is 5.16 Å². The summed E-state index contributed by atoms with van der Waals surface area (Å²) in [5, 5.41) is 0.814. The van der Waals surface area contributed by atoms with Crippen molar-refractivity contribution < 1.29 is 0 Å². The van der Waals surface area contributed by atoms with Crippen molar-refractivity contribution in [2.24, 2.45) is 5.73 Å². The Morgan fingerprint density at radius 2 is 1.76 bits per heavy atom. The lowest BCUT2D eigenvalue weighted by Crippen LogP contribution is -2.21. The molecule has 0 fully saturated rings. The zero-order valence-electron chi connectivity index (χ0n) is 13.2. The maximum atomic E-state index is 6.02. The number of hydrogen-bond acceptors (Lipinski definition) is 4. The molecule has 0 amide bonds. The standard InChI is InChI=1S/C17H23N3S/c1-5-15(18)10-14-6-7-16(11(2)8-14)21-17-19-12(3)9-13(4)20-17/h6-9,15H,5,10,18H2,1-4H3. The largest absolute Gasteiger partial charge is 0.327 e. The van der Waals surface area contributed by atoms with E-state index in [2.05, 4.69) is 42.0 Å². The second-order valence-electron chi connectivity index (χ2n) is 5.51. The summed E-state index contributed by atoms with van der Waals surface area (Å²) >= 11 is 1.62. The summed E-state index contributed by atoms with van der Waals surface area (Å²) in [5.41, 5.74) is 10.6. The molecule has 21 heavy (non-hydrogen) atoms. The van der Waals surface area contributed by atoms with Crippen molar-refractivity contribution in [1.82, 2.24) is 9.97 Å². The van der Waals surface area contributed by atoms with Gasteiger partial charge in [-0.2, -0.15) is 0 Å². The van der Waals surface area contributed by atoms with Crippen LogP contribution in [0.2, 0.25) is 0 Å². The van der Waals surface area contributed by atoms with Gasteiger partial charge in [-0.05, 0) is 68.6 Å². The Morgan fingerprint density at radius 3 is 2.33 bits per heavy atom. The number of rotatable bonds is 5. The number of hydrogen-bond donors (Lipinski definition) is 1. The smallest absolute Gasteiger partial charge is 0.192 e. The second kappa shape index (κ2) is 7.05. The van der Waals surface area contributed by atoms with Gasteiger partial charge in [-0.25, -0.2) is 9.97 Å². The zero-order valence-corrected chi connectivity index (χ0v) is 14.0. The van der Waals surface area contributed by atoms with Crippen LogP contribution in [0.1, 0.15) is 35.9 Å². The Bertz CT molecular complexity index is 605. The quantitative estimate of drug-likeness (QED) is 0.853. The van der Waals surface area contributed by atoms with Crippen LogP contribution in [-0.4, -0.2) is 16.0 Å². The molecule has 1 aromatic carbocycles. The third-order valence-electron chi connectivity index (χ3n) is 3.42. The highest BCUT2D eigenvalue weighted by atomic mass is 32.2. The van der Waals surface area contributed by atoms with Crippen LogP contribution in [0, 0.1) is 20.8 Å². The van der Waals surface area contributed by atoms with Crippen LogP contribution in [0.4, 0.5) is 0 Å². The van der Waals surface area contributed by atoms with Crippen molar-refractivity contribution in [3.05, 3.63) is 46.8 Å². The van der Waals surface area contributed by atoms with Gasteiger partial charge in [-0.3, -0.25) is 0 Å². The number of benzene rings is 1. The molecule has 2 rings (SSSR count). The van der Waals surface area contributed by atoms with E-state index in [0.29, 0.717) is 0 Å². The van der Waals surface area contributed by atoms with E-state index in [0.717, 1.165) is 29.4 Å². The van der Waals surface area contributed by atoms with Crippen LogP contribution in [0.3, 0.4) is 0 Å². The average molecular weight is 301 g/mol. The van der Waals surface area contributed by atoms with Crippen LogP contribution < -0.4 is 5.73 Å². The summed E-state index contributed by atoms with van der Waals surface area (Å²) in [7, 11) is 0. The molecule has 0 aliphatic carbocycles. The molecule has 1 atom stereocenters. The highest BCUT2D eigenvalue weighted by Crippen LogP contribution is 2.29. The maximum absolute atomic E-state index is 6.02. The summed E-state index contributed by atoms with van der Waals surface area (Å²) in [6.45, 7) is 8.26. The van der Waals surface area contributed by atoms with E-state index in [1.54, 1.807) is 11.8 Å². The summed E-state index contributed by atoms with van der Waals surface area (Å²) in [6, 6.07) is 8.77. The molecule has 4 heteroatoms. The van der Waals surface area contributed by atoms with Crippen LogP contribution in [0.5, 0.6) is 0 Å². The Morgan fingerprint density at radius 1 is 1.10 bits per heavy atom. The first-order chi connectivity index (χ1) is 9.97. The van der Waals surface area contributed by atoms with Crippen molar-refractivity contribution in [3.63, 3.8) is 0 Å². The van der Waals surface area contributed by atoms with Gasteiger partial charge in [0, 0.05) is 22.3 Å². The molecule has 0 spiro atoms. The van der Waals surface area contributed by atoms with Crippen LogP contribution in [0.15, 0.2) is 34.3 Å². The maximum Gasteiger partial charge on any atom is 0.192 e. The summed E-state index contributed by atoms with van der Waals surface area (Å²) in [4.78, 5) is 10.2. The van der Waals surface area contributed by atoms with E-state index in [-0.39, 0.29) is 6.04 Å². The lowest BCUT2D eigenvalue weighted by molar-refractivity contribution is 0.646. The molecule has 1 aromatic heterocycles. The molecule has 0 aliphatic rings. The van der Waals surface area contributed by atoms with E-state index in [4.69, 9.17) is 5.73 Å². The van der Waals surface area contributed by atoms with Gasteiger partial charge in [0.1, 0.15) is 0 Å². The molecule has 112 valence electrons. The van der Waals surface area contributed by atoms with E-state index < -0.39 is 0 Å². The molecule has 0 bridgehead atoms. The molecule has 2 aromatic rings. The van der Waals surface area contributed by atoms with E-state index in [1.165, 1.54) is 16.0 Å². The predicted molar refractivity (Wildman–Crippen MR) is 88.8 cm³/mol. The Balaban J connectivity index is 2.17. The number of aryl methyl sites for hydroxylation is 3. The zero-order chi connectivity index (χ0) is 15.4. The summed E-state index contributed by atoms with van der Waals surface area (Å²) < 4.78 is 0. The monoisotopic (exact) mass is 301 g/mol. The molecular weight excluding hydrogens is 278 g/mol. The van der Waals surface area contributed by atoms with Gasteiger partial charge in [0.2, 0.25) is 0 Å². The van der Waals surface area contributed by atoms with Gasteiger partial charge >= 0.3 is 0 Å². The van der Waals surface area contributed by atoms with Crippen molar-refractivity contribution in [2.45, 2.75) is 56.6 Å². The lowest BCUT2D eigenvalue weighted by Gasteiger charge is -2.11. The summed E-state index contributed by atoms with van der Waals surface area (Å²) in [6.07, 6.45) is 1.94. The van der Waals surface area contributed by atoms with E-state index in [9.17, 15) is 0 Å². The predicted octanol–water partition coefficient (Wildman–Crippen LogP) is 3.83. The van der Waals surface area contributed by atoms with Crippen molar-refractivity contribution >= 4 is 11.8 Å². The first-order valence-electron chi connectivity index (χ1n) is 7.33. The van der Waals surface area contributed by atoms with Crippen molar-refractivity contribution in [2.75, 3.05) is 0 Å². The number of nitrogens with zero attached hydrogens (tertiary/aromatic N) is 2.